The van der Waals surface area contributed by atoms with Gasteiger partial charge in [0, 0.05) is 0 Å². The number of rotatable bonds is 3. The van der Waals surface area contributed by atoms with Crippen molar-refractivity contribution in [2.24, 2.45) is 0 Å². The molecule has 22 heavy (non-hydrogen) atoms. The number of hydrogen-bond donors (Lipinski definition) is 4. The molecule has 11 heteroatoms. The standard InChI is InChI=1S/C11H13F2N5O3S/c12-8(13)5(20)6-4(19)7(22)11(21-6)18-2-17-3-9(14)15-1-16-10(3)18/h1-2,4-8,11,19-20,22H,(H2,14,15,16)/t4-,5?,6+,7-,11-/m1/s1. The van der Waals surface area contributed by atoms with Crippen LogP contribution in [0.5, 0.6) is 0 Å². The fraction of sp³-hybridized carbons (Fsp3) is 0.545. The van der Waals surface area contributed by atoms with Crippen molar-refractivity contribution in [2.75, 3.05) is 5.73 Å². The summed E-state index contributed by atoms with van der Waals surface area (Å²) < 4.78 is 32.0. The predicted molar refractivity (Wildman–Crippen MR) is 74.4 cm³/mol. The Balaban J connectivity index is 1.96. The Hall–Kier alpha value is -1.56. The molecule has 0 aromatic carbocycles. The van der Waals surface area contributed by atoms with Gasteiger partial charge in [-0.05, 0) is 0 Å². The van der Waals surface area contributed by atoms with Crippen LogP contribution < -0.4 is 5.73 Å². The Kier molecular flexibility index (Phi) is 3.89. The average Bonchev–Trinajstić information content (AvgIpc) is 3.02. The summed E-state index contributed by atoms with van der Waals surface area (Å²) in [4.78, 5) is 11.8. The Morgan fingerprint density at radius 2 is 2.09 bits per heavy atom. The van der Waals surface area contributed by atoms with E-state index in [2.05, 4.69) is 27.6 Å². The molecule has 0 bridgehead atoms. The third kappa shape index (κ3) is 2.29. The first-order chi connectivity index (χ1) is 10.4. The SMILES string of the molecule is Nc1ncnc2c1ncn2[C@@H]1O[C@H](C(O)C(F)F)[C@@H](O)[C@H]1S. The summed E-state index contributed by atoms with van der Waals surface area (Å²) in [5.74, 6) is 0.155. The largest absolute Gasteiger partial charge is 0.389 e. The number of hydrogen-bond acceptors (Lipinski definition) is 8. The Morgan fingerprint density at radius 3 is 2.77 bits per heavy atom. The molecule has 2 aromatic heterocycles. The molecule has 1 fully saturated rings. The number of thiol groups is 1. The van der Waals surface area contributed by atoms with Crippen LogP contribution in [-0.2, 0) is 4.74 Å². The molecule has 0 amide bonds. The minimum atomic E-state index is -3.04. The lowest BCUT2D eigenvalue weighted by Gasteiger charge is -2.20. The highest BCUT2D eigenvalue weighted by Crippen LogP contribution is 2.37. The number of aliphatic hydroxyl groups is 2. The van der Waals surface area contributed by atoms with Gasteiger partial charge < -0.3 is 20.7 Å². The monoisotopic (exact) mass is 333 g/mol. The zero-order valence-corrected chi connectivity index (χ0v) is 11.9. The van der Waals surface area contributed by atoms with E-state index >= 15 is 0 Å². The third-order valence-electron chi connectivity index (χ3n) is 3.53. The minimum Gasteiger partial charge on any atom is -0.389 e. The number of halogens is 2. The Bertz CT molecular complexity index is 687. The first-order valence-corrected chi connectivity index (χ1v) is 6.84. The van der Waals surface area contributed by atoms with Gasteiger partial charge in [-0.2, -0.15) is 12.6 Å². The first-order valence-electron chi connectivity index (χ1n) is 6.32. The van der Waals surface area contributed by atoms with Crippen molar-refractivity contribution >= 4 is 29.6 Å². The quantitative estimate of drug-likeness (QED) is 0.564. The highest BCUT2D eigenvalue weighted by molar-refractivity contribution is 7.81. The molecule has 4 N–H and O–H groups in total. The summed E-state index contributed by atoms with van der Waals surface area (Å²) in [6.45, 7) is 0. The number of aliphatic hydroxyl groups excluding tert-OH is 2. The smallest absolute Gasteiger partial charge is 0.266 e. The molecule has 1 unspecified atom stereocenters. The van der Waals surface area contributed by atoms with E-state index in [-0.39, 0.29) is 5.82 Å². The van der Waals surface area contributed by atoms with Gasteiger partial charge in [0.2, 0.25) is 0 Å². The summed E-state index contributed by atoms with van der Waals surface area (Å²) in [5.41, 5.74) is 6.30. The Labute approximate surface area is 128 Å². The lowest BCUT2D eigenvalue weighted by molar-refractivity contribution is -0.129. The van der Waals surface area contributed by atoms with Crippen molar-refractivity contribution in [2.45, 2.75) is 36.2 Å². The van der Waals surface area contributed by atoms with Crippen LogP contribution in [0.25, 0.3) is 11.2 Å². The van der Waals surface area contributed by atoms with Crippen molar-refractivity contribution in [1.29, 1.82) is 0 Å². The molecule has 3 heterocycles. The van der Waals surface area contributed by atoms with Crippen molar-refractivity contribution in [3.63, 3.8) is 0 Å². The molecule has 2 aromatic rings. The zero-order valence-electron chi connectivity index (χ0n) is 11.0. The second-order valence-electron chi connectivity index (χ2n) is 4.88. The first kappa shape index (κ1) is 15.3. The average molecular weight is 333 g/mol. The molecule has 1 aliphatic rings. The van der Waals surface area contributed by atoms with E-state index in [1.165, 1.54) is 17.2 Å². The predicted octanol–water partition coefficient (Wildman–Crippen LogP) is -0.409. The Morgan fingerprint density at radius 1 is 1.36 bits per heavy atom. The number of nitrogen functional groups attached to an aromatic ring is 1. The number of fused-ring (bicyclic) bond motifs is 1. The van der Waals surface area contributed by atoms with Gasteiger partial charge >= 0.3 is 0 Å². The summed E-state index contributed by atoms with van der Waals surface area (Å²) >= 11 is 4.19. The fourth-order valence-electron chi connectivity index (χ4n) is 2.40. The third-order valence-corrected chi connectivity index (χ3v) is 4.09. The molecule has 0 spiro atoms. The number of anilines is 1. The molecule has 0 radical (unpaired) electrons. The summed E-state index contributed by atoms with van der Waals surface area (Å²) in [6.07, 6.45) is -6.39. The van der Waals surface area contributed by atoms with Crippen LogP contribution in [0.3, 0.4) is 0 Å². The lowest BCUT2D eigenvalue weighted by Crippen LogP contribution is -2.41. The van der Waals surface area contributed by atoms with E-state index in [0.29, 0.717) is 11.2 Å². The van der Waals surface area contributed by atoms with Gasteiger partial charge in [-0.15, -0.1) is 0 Å². The van der Waals surface area contributed by atoms with Gasteiger partial charge in [0.1, 0.15) is 24.1 Å². The van der Waals surface area contributed by atoms with Crippen LogP contribution in [0.1, 0.15) is 6.23 Å². The second kappa shape index (κ2) is 5.57. The molecule has 1 aliphatic heterocycles. The van der Waals surface area contributed by atoms with E-state index in [0.717, 1.165) is 0 Å². The van der Waals surface area contributed by atoms with Gasteiger partial charge in [0.15, 0.2) is 17.7 Å². The maximum Gasteiger partial charge on any atom is 0.266 e. The number of ether oxygens (including phenoxy) is 1. The van der Waals surface area contributed by atoms with Crippen molar-refractivity contribution in [1.82, 2.24) is 19.5 Å². The van der Waals surface area contributed by atoms with Crippen LogP contribution in [0.4, 0.5) is 14.6 Å². The van der Waals surface area contributed by atoms with Crippen LogP contribution >= 0.6 is 12.6 Å². The van der Waals surface area contributed by atoms with E-state index in [1.807, 2.05) is 0 Å². The van der Waals surface area contributed by atoms with Crippen molar-refractivity contribution in [3.05, 3.63) is 12.7 Å². The van der Waals surface area contributed by atoms with E-state index in [1.54, 1.807) is 0 Å². The normalized spacial score (nSPS) is 30.3. The molecule has 0 saturated carbocycles. The second-order valence-corrected chi connectivity index (χ2v) is 5.48. The topological polar surface area (TPSA) is 119 Å². The molecule has 0 aliphatic carbocycles. The lowest BCUT2D eigenvalue weighted by atomic mass is 10.1. The van der Waals surface area contributed by atoms with E-state index in [4.69, 9.17) is 10.5 Å². The fourth-order valence-corrected chi connectivity index (χ4v) is 2.78. The molecular formula is C11H13F2N5O3S. The van der Waals surface area contributed by atoms with E-state index in [9.17, 15) is 19.0 Å². The van der Waals surface area contributed by atoms with Gasteiger partial charge in [0.05, 0.1) is 17.7 Å². The van der Waals surface area contributed by atoms with Crippen molar-refractivity contribution < 1.29 is 23.7 Å². The number of imidazole rings is 1. The molecule has 3 rings (SSSR count). The van der Waals surface area contributed by atoms with Gasteiger partial charge in [-0.3, -0.25) is 4.57 Å². The van der Waals surface area contributed by atoms with E-state index < -0.39 is 36.2 Å². The van der Waals surface area contributed by atoms with Gasteiger partial charge in [-0.1, -0.05) is 0 Å². The van der Waals surface area contributed by atoms with Crippen LogP contribution in [0, 0.1) is 0 Å². The molecule has 8 nitrogen and oxygen atoms in total. The zero-order chi connectivity index (χ0) is 16.0. The van der Waals surface area contributed by atoms with Crippen LogP contribution in [0.15, 0.2) is 12.7 Å². The van der Waals surface area contributed by atoms with Gasteiger partial charge in [-0.25, -0.2) is 23.7 Å². The number of nitrogens with two attached hydrogens (primary N) is 1. The maximum atomic E-state index is 12.6. The number of alkyl halides is 2. The number of nitrogens with zero attached hydrogens (tertiary/aromatic N) is 4. The summed E-state index contributed by atoms with van der Waals surface area (Å²) in [5, 5.41) is 18.6. The number of aromatic nitrogens is 4. The molecule has 120 valence electrons. The summed E-state index contributed by atoms with van der Waals surface area (Å²) in [6, 6.07) is 0. The van der Waals surface area contributed by atoms with Crippen molar-refractivity contribution in [3.8, 4) is 0 Å². The maximum absolute atomic E-state index is 12.6. The molecular weight excluding hydrogens is 320 g/mol. The van der Waals surface area contributed by atoms with Gasteiger partial charge in [0.25, 0.3) is 6.43 Å². The van der Waals surface area contributed by atoms with Crippen LogP contribution in [-0.4, -0.2) is 59.7 Å². The highest BCUT2D eigenvalue weighted by atomic mass is 32.1. The molecule has 1 saturated heterocycles. The highest BCUT2D eigenvalue weighted by Gasteiger charge is 2.48. The summed E-state index contributed by atoms with van der Waals surface area (Å²) in [7, 11) is 0. The van der Waals surface area contributed by atoms with Crippen LogP contribution in [0.2, 0.25) is 0 Å². The molecule has 5 atom stereocenters. The minimum absolute atomic E-state index is 0.155.